The number of aryl methyl sites for hydroxylation is 2. The Kier molecular flexibility index (Phi) is 9.88. The van der Waals surface area contributed by atoms with Gasteiger partial charge in [0.25, 0.3) is 5.91 Å². The molecule has 0 saturated carbocycles. The minimum absolute atomic E-state index is 0.196. The maximum absolute atomic E-state index is 13.1. The van der Waals surface area contributed by atoms with Gasteiger partial charge in [0.2, 0.25) is 0 Å². The molecular formula is C31H37ClN4O4. The first kappa shape index (κ1) is 29.2. The standard InChI is InChI=1S/C31H37ClN4O4/c1-4-23-17-24(32)15-20(2)29(23)30(37)35-27(31(38)39)16-21-5-7-25(8-6-21)36-13-10-22(11-14-36)19-34-28-18-26(40-3)9-12-33-28/h5-9,12,15,17-18,22,27H,4,10-11,13-14,16,19H2,1-3H3,(H,33,34)(H,35,37)(H,38,39). The highest BCUT2D eigenvalue weighted by atomic mass is 35.5. The van der Waals surface area contributed by atoms with Crippen molar-refractivity contribution in [3.63, 3.8) is 0 Å². The Balaban J connectivity index is 1.31. The number of rotatable bonds is 11. The average Bonchev–Trinajstić information content (AvgIpc) is 2.96. The maximum Gasteiger partial charge on any atom is 0.326 e. The molecule has 1 unspecified atom stereocenters. The number of carboxylic acid groups (broad SMARTS) is 1. The number of halogens is 1. The summed E-state index contributed by atoms with van der Waals surface area (Å²) in [4.78, 5) is 31.8. The van der Waals surface area contributed by atoms with Crippen LogP contribution in [0.1, 0.15) is 46.8 Å². The molecule has 0 bridgehead atoms. The molecule has 3 aromatic rings. The van der Waals surface area contributed by atoms with Crippen molar-refractivity contribution in [2.24, 2.45) is 5.92 Å². The van der Waals surface area contributed by atoms with Crippen LogP contribution < -0.4 is 20.3 Å². The van der Waals surface area contributed by atoms with E-state index in [4.69, 9.17) is 16.3 Å². The smallest absolute Gasteiger partial charge is 0.326 e. The first-order valence-electron chi connectivity index (χ1n) is 13.7. The second kappa shape index (κ2) is 13.5. The van der Waals surface area contributed by atoms with Gasteiger partial charge in [0.15, 0.2) is 0 Å². The number of pyridine rings is 1. The molecule has 1 aliphatic heterocycles. The van der Waals surface area contributed by atoms with Gasteiger partial charge in [-0.25, -0.2) is 9.78 Å². The first-order valence-corrected chi connectivity index (χ1v) is 14.1. The van der Waals surface area contributed by atoms with Crippen LogP contribution in [0.3, 0.4) is 0 Å². The molecule has 1 saturated heterocycles. The van der Waals surface area contributed by atoms with Crippen LogP contribution in [0.4, 0.5) is 11.5 Å². The van der Waals surface area contributed by atoms with Gasteiger partial charge in [-0.15, -0.1) is 0 Å². The predicted molar refractivity (Wildman–Crippen MR) is 159 cm³/mol. The normalized spacial score (nSPS) is 14.4. The molecule has 40 heavy (non-hydrogen) atoms. The van der Waals surface area contributed by atoms with E-state index in [2.05, 4.69) is 20.5 Å². The number of methoxy groups -OCH3 is 1. The number of nitrogens with one attached hydrogen (secondary N) is 2. The molecule has 2 aromatic carbocycles. The van der Waals surface area contributed by atoms with Crippen LogP contribution in [0, 0.1) is 12.8 Å². The number of aromatic nitrogens is 1. The van der Waals surface area contributed by atoms with Crippen LogP contribution in [-0.2, 0) is 17.6 Å². The number of hydrogen-bond acceptors (Lipinski definition) is 6. The van der Waals surface area contributed by atoms with Crippen LogP contribution in [0.2, 0.25) is 5.02 Å². The van der Waals surface area contributed by atoms with E-state index in [-0.39, 0.29) is 6.42 Å². The summed E-state index contributed by atoms with van der Waals surface area (Å²) >= 11 is 6.15. The minimum atomic E-state index is -1.07. The highest BCUT2D eigenvalue weighted by Gasteiger charge is 2.24. The second-order valence-electron chi connectivity index (χ2n) is 10.2. The Hall–Kier alpha value is -3.78. The van der Waals surface area contributed by atoms with Gasteiger partial charge in [-0.1, -0.05) is 30.7 Å². The van der Waals surface area contributed by atoms with Gasteiger partial charge >= 0.3 is 5.97 Å². The van der Waals surface area contributed by atoms with E-state index in [0.29, 0.717) is 22.9 Å². The van der Waals surface area contributed by atoms with Crippen molar-refractivity contribution in [1.82, 2.24) is 10.3 Å². The number of nitrogens with zero attached hydrogens (tertiary/aromatic N) is 2. The molecule has 0 aliphatic carbocycles. The molecule has 1 aromatic heterocycles. The third-order valence-electron chi connectivity index (χ3n) is 7.49. The summed E-state index contributed by atoms with van der Waals surface area (Å²) in [5, 5.41) is 16.5. The Morgan fingerprint density at radius 3 is 2.52 bits per heavy atom. The summed E-state index contributed by atoms with van der Waals surface area (Å²) in [7, 11) is 1.65. The lowest BCUT2D eigenvalue weighted by Gasteiger charge is -2.34. The third-order valence-corrected chi connectivity index (χ3v) is 7.71. The molecule has 1 amide bonds. The summed E-state index contributed by atoms with van der Waals surface area (Å²) < 4.78 is 5.26. The Labute approximate surface area is 240 Å². The molecule has 1 aliphatic rings. The number of hydrogen-bond donors (Lipinski definition) is 3. The van der Waals surface area contributed by atoms with Crippen LogP contribution in [0.5, 0.6) is 5.75 Å². The fraction of sp³-hybridized carbons (Fsp3) is 0.387. The number of aliphatic carboxylic acids is 1. The molecule has 0 radical (unpaired) electrons. The number of amides is 1. The van der Waals surface area contributed by atoms with E-state index in [1.165, 1.54) is 0 Å². The number of carbonyl (C=O) groups excluding carboxylic acids is 1. The van der Waals surface area contributed by atoms with E-state index in [1.54, 1.807) is 25.4 Å². The summed E-state index contributed by atoms with van der Waals surface area (Å²) in [6.45, 7) is 6.52. The van der Waals surface area contributed by atoms with Crippen LogP contribution in [0.15, 0.2) is 54.7 Å². The van der Waals surface area contributed by atoms with E-state index in [9.17, 15) is 14.7 Å². The number of anilines is 2. The number of ether oxygens (including phenoxy) is 1. The monoisotopic (exact) mass is 564 g/mol. The fourth-order valence-electron chi connectivity index (χ4n) is 5.20. The molecular weight excluding hydrogens is 528 g/mol. The molecule has 1 fully saturated rings. The van der Waals surface area contributed by atoms with Crippen LogP contribution in [0.25, 0.3) is 0 Å². The van der Waals surface area contributed by atoms with Gasteiger partial charge in [-0.05, 0) is 79.1 Å². The third kappa shape index (κ3) is 7.45. The van der Waals surface area contributed by atoms with Gasteiger partial charge in [-0.2, -0.15) is 0 Å². The lowest BCUT2D eigenvalue weighted by Crippen LogP contribution is -2.42. The number of carboxylic acids is 1. The van der Waals surface area contributed by atoms with Gasteiger partial charge in [0.1, 0.15) is 17.6 Å². The van der Waals surface area contributed by atoms with Crippen molar-refractivity contribution in [1.29, 1.82) is 0 Å². The second-order valence-corrected chi connectivity index (χ2v) is 10.7. The van der Waals surface area contributed by atoms with Crippen molar-refractivity contribution in [3.05, 3.63) is 82.0 Å². The van der Waals surface area contributed by atoms with Crippen molar-refractivity contribution in [3.8, 4) is 5.75 Å². The first-order chi connectivity index (χ1) is 19.3. The lowest BCUT2D eigenvalue weighted by molar-refractivity contribution is -0.139. The molecule has 1 atom stereocenters. The van der Waals surface area contributed by atoms with Gasteiger partial charge in [-0.3, -0.25) is 4.79 Å². The predicted octanol–water partition coefficient (Wildman–Crippen LogP) is 5.37. The largest absolute Gasteiger partial charge is 0.497 e. The van der Waals surface area contributed by atoms with Crippen molar-refractivity contribution in [2.75, 3.05) is 37.0 Å². The number of piperidine rings is 1. The topological polar surface area (TPSA) is 104 Å². The van der Waals surface area contributed by atoms with Crippen molar-refractivity contribution < 1.29 is 19.4 Å². The minimum Gasteiger partial charge on any atom is -0.497 e. The summed E-state index contributed by atoms with van der Waals surface area (Å²) in [6, 6.07) is 14.1. The number of benzene rings is 2. The SMILES string of the molecule is CCc1cc(Cl)cc(C)c1C(=O)NC(Cc1ccc(N2CCC(CNc3cc(OC)ccn3)CC2)cc1)C(=O)O. The zero-order valence-corrected chi connectivity index (χ0v) is 24.0. The van der Waals surface area contributed by atoms with E-state index >= 15 is 0 Å². The van der Waals surface area contributed by atoms with Gasteiger partial charge < -0.3 is 25.4 Å². The molecule has 8 nitrogen and oxygen atoms in total. The van der Waals surface area contributed by atoms with Crippen LogP contribution in [-0.4, -0.2) is 54.8 Å². The summed E-state index contributed by atoms with van der Waals surface area (Å²) in [6.07, 6.45) is 4.69. The summed E-state index contributed by atoms with van der Waals surface area (Å²) in [5.41, 5.74) is 3.99. The highest BCUT2D eigenvalue weighted by Crippen LogP contribution is 2.25. The van der Waals surface area contributed by atoms with Gasteiger partial charge in [0, 0.05) is 54.6 Å². The lowest BCUT2D eigenvalue weighted by atomic mass is 9.96. The summed E-state index contributed by atoms with van der Waals surface area (Å²) in [5.74, 6) is 0.704. The fourth-order valence-corrected chi connectivity index (χ4v) is 5.50. The quantitative estimate of drug-likeness (QED) is 0.288. The van der Waals surface area contributed by atoms with E-state index in [1.807, 2.05) is 50.2 Å². The molecule has 212 valence electrons. The van der Waals surface area contributed by atoms with Crippen molar-refractivity contribution in [2.45, 2.75) is 45.6 Å². The Morgan fingerprint density at radius 1 is 1.15 bits per heavy atom. The van der Waals surface area contributed by atoms with Crippen LogP contribution >= 0.6 is 11.6 Å². The zero-order valence-electron chi connectivity index (χ0n) is 23.2. The van der Waals surface area contributed by atoms with Gasteiger partial charge in [0.05, 0.1) is 7.11 Å². The zero-order chi connectivity index (χ0) is 28.6. The Bertz CT molecular complexity index is 1320. The van der Waals surface area contributed by atoms with E-state index in [0.717, 1.165) is 66.4 Å². The van der Waals surface area contributed by atoms with Crippen molar-refractivity contribution >= 4 is 35.0 Å². The molecule has 2 heterocycles. The maximum atomic E-state index is 13.1. The average molecular weight is 565 g/mol. The molecule has 4 rings (SSSR count). The Morgan fingerprint density at radius 2 is 1.88 bits per heavy atom. The highest BCUT2D eigenvalue weighted by molar-refractivity contribution is 6.30. The molecule has 0 spiro atoms. The van der Waals surface area contributed by atoms with E-state index < -0.39 is 17.9 Å². The number of carbonyl (C=O) groups is 2. The molecule has 3 N–H and O–H groups in total. The molecule has 9 heteroatoms.